The highest BCUT2D eigenvalue weighted by Gasteiger charge is 2.05. The van der Waals surface area contributed by atoms with E-state index in [1.165, 1.54) is 0 Å². The van der Waals surface area contributed by atoms with E-state index in [2.05, 4.69) is 0 Å². The molecule has 0 atom stereocenters. The first-order chi connectivity index (χ1) is 6.72. The summed E-state index contributed by atoms with van der Waals surface area (Å²) in [6.07, 6.45) is 3.91. The van der Waals surface area contributed by atoms with Crippen LogP contribution in [-0.2, 0) is 0 Å². The van der Waals surface area contributed by atoms with Gasteiger partial charge in [0.05, 0.1) is 11.1 Å². The number of nitrogens with zero attached hydrogens (tertiary/aromatic N) is 1. The lowest BCUT2D eigenvalue weighted by molar-refractivity contribution is 0.0697. The van der Waals surface area contributed by atoms with Crippen LogP contribution in [0.4, 0.5) is 0 Å². The fourth-order valence-electron chi connectivity index (χ4n) is 1.41. The van der Waals surface area contributed by atoms with E-state index in [-0.39, 0.29) is 0 Å². The van der Waals surface area contributed by atoms with Gasteiger partial charge in [-0.05, 0) is 36.2 Å². The minimum Gasteiger partial charge on any atom is -0.478 e. The summed E-state index contributed by atoms with van der Waals surface area (Å²) in [5.74, 6) is -0.885. The van der Waals surface area contributed by atoms with Gasteiger partial charge in [-0.3, -0.25) is 3.97 Å². The van der Waals surface area contributed by atoms with E-state index in [1.54, 1.807) is 24.1 Å². The first-order valence-electron chi connectivity index (χ1n) is 4.11. The molecule has 1 heterocycles. The third-order valence-electron chi connectivity index (χ3n) is 2.10. The van der Waals surface area contributed by atoms with Crippen LogP contribution in [0, 0.1) is 0 Å². The third kappa shape index (κ3) is 1.37. The lowest BCUT2D eigenvalue weighted by Crippen LogP contribution is -1.95. The Morgan fingerprint density at radius 1 is 1.43 bits per heavy atom. The molecule has 4 heteroatoms. The number of hydrogen-bond acceptors (Lipinski definition) is 2. The van der Waals surface area contributed by atoms with Gasteiger partial charge in [-0.15, -0.1) is 0 Å². The highest BCUT2D eigenvalue weighted by molar-refractivity contribution is 7.97. The zero-order chi connectivity index (χ0) is 10.1. The van der Waals surface area contributed by atoms with Crippen molar-refractivity contribution in [2.45, 2.75) is 0 Å². The molecule has 0 aliphatic rings. The Morgan fingerprint density at radius 2 is 2.21 bits per heavy atom. The highest BCUT2D eigenvalue weighted by atomic mass is 32.2. The van der Waals surface area contributed by atoms with Gasteiger partial charge in [0.2, 0.25) is 0 Å². The van der Waals surface area contributed by atoms with Gasteiger partial charge in [-0.25, -0.2) is 4.79 Å². The summed E-state index contributed by atoms with van der Waals surface area (Å²) in [6, 6.07) is 7.05. The highest BCUT2D eigenvalue weighted by Crippen LogP contribution is 2.20. The first-order valence-corrected chi connectivity index (χ1v) is 5.29. The molecule has 2 aromatic rings. The van der Waals surface area contributed by atoms with Gasteiger partial charge in [-0.1, -0.05) is 0 Å². The van der Waals surface area contributed by atoms with Crippen LogP contribution in [0.5, 0.6) is 0 Å². The molecule has 0 radical (unpaired) electrons. The Balaban J connectivity index is 2.63. The maximum atomic E-state index is 10.7. The lowest BCUT2D eigenvalue weighted by atomic mass is 10.1. The number of aromatic carboxylic acids is 1. The molecule has 0 amide bonds. The number of benzene rings is 1. The third-order valence-corrected chi connectivity index (χ3v) is 2.81. The maximum absolute atomic E-state index is 10.7. The number of aromatic nitrogens is 1. The van der Waals surface area contributed by atoms with Crippen LogP contribution >= 0.6 is 11.9 Å². The molecule has 14 heavy (non-hydrogen) atoms. The second-order valence-corrected chi connectivity index (χ2v) is 3.66. The molecule has 0 fully saturated rings. The van der Waals surface area contributed by atoms with Crippen LogP contribution in [0.3, 0.4) is 0 Å². The van der Waals surface area contributed by atoms with Crippen LogP contribution in [0.2, 0.25) is 0 Å². The smallest absolute Gasteiger partial charge is 0.335 e. The molecule has 1 aromatic heterocycles. The van der Waals surface area contributed by atoms with E-state index in [1.807, 2.05) is 28.6 Å². The van der Waals surface area contributed by atoms with Crippen molar-refractivity contribution < 1.29 is 9.90 Å². The summed E-state index contributed by atoms with van der Waals surface area (Å²) >= 11 is 1.59. The molecule has 2 rings (SSSR count). The summed E-state index contributed by atoms with van der Waals surface area (Å²) in [7, 11) is 0. The zero-order valence-corrected chi connectivity index (χ0v) is 8.41. The number of fused-ring (bicyclic) bond motifs is 1. The number of carboxylic acid groups (broad SMARTS) is 1. The summed E-state index contributed by atoms with van der Waals surface area (Å²) in [6.45, 7) is 0. The largest absolute Gasteiger partial charge is 0.478 e. The van der Waals surface area contributed by atoms with Crippen molar-refractivity contribution in [1.29, 1.82) is 0 Å². The molecular weight excluding hydrogens is 198 g/mol. The summed E-state index contributed by atoms with van der Waals surface area (Å²) in [4.78, 5) is 10.7. The molecule has 0 aliphatic carbocycles. The van der Waals surface area contributed by atoms with E-state index >= 15 is 0 Å². The van der Waals surface area contributed by atoms with Gasteiger partial charge in [0, 0.05) is 17.8 Å². The molecule has 3 nitrogen and oxygen atoms in total. The Kier molecular flexibility index (Phi) is 2.21. The second kappa shape index (κ2) is 3.38. The second-order valence-electron chi connectivity index (χ2n) is 2.90. The van der Waals surface area contributed by atoms with E-state index in [0.717, 1.165) is 10.9 Å². The molecular formula is C10H9NO2S. The van der Waals surface area contributed by atoms with Crippen LogP contribution < -0.4 is 0 Å². The lowest BCUT2D eigenvalue weighted by Gasteiger charge is -1.99. The maximum Gasteiger partial charge on any atom is 0.335 e. The minimum atomic E-state index is -0.885. The van der Waals surface area contributed by atoms with Crippen molar-refractivity contribution in [1.82, 2.24) is 3.97 Å². The summed E-state index contributed by atoms with van der Waals surface area (Å²) in [5.41, 5.74) is 1.37. The number of hydrogen-bond donors (Lipinski definition) is 1. The molecule has 1 N–H and O–H groups in total. The van der Waals surface area contributed by atoms with Gasteiger partial charge in [0.25, 0.3) is 0 Å². The fourth-order valence-corrected chi connectivity index (χ4v) is 1.95. The number of rotatable bonds is 2. The van der Waals surface area contributed by atoms with Crippen LogP contribution in [0.1, 0.15) is 10.4 Å². The molecule has 1 aromatic carbocycles. The quantitative estimate of drug-likeness (QED) is 0.822. The number of carbonyl (C=O) groups is 1. The first kappa shape index (κ1) is 9.15. The van der Waals surface area contributed by atoms with E-state index in [4.69, 9.17) is 5.11 Å². The van der Waals surface area contributed by atoms with E-state index in [9.17, 15) is 4.79 Å². The molecule has 0 unspecified atom stereocenters. The Morgan fingerprint density at radius 3 is 2.86 bits per heavy atom. The van der Waals surface area contributed by atoms with Gasteiger partial charge in [0.15, 0.2) is 0 Å². The SMILES string of the molecule is CSn1ccc2cc(C(=O)O)ccc21. The Bertz CT molecular complexity index is 490. The van der Waals surface area contributed by atoms with Crippen molar-refractivity contribution in [3.05, 3.63) is 36.0 Å². The van der Waals surface area contributed by atoms with Crippen molar-refractivity contribution in [3.63, 3.8) is 0 Å². The van der Waals surface area contributed by atoms with Crippen LogP contribution in [0.25, 0.3) is 10.9 Å². The monoisotopic (exact) mass is 207 g/mol. The molecule has 0 saturated heterocycles. The Hall–Kier alpha value is -1.42. The van der Waals surface area contributed by atoms with Crippen molar-refractivity contribution >= 4 is 28.8 Å². The standard InChI is InChI=1S/C10H9NO2S/c1-14-11-5-4-7-6-8(10(12)13)2-3-9(7)11/h2-6H,1H3,(H,12,13). The molecule has 0 aliphatic heterocycles. The number of carboxylic acids is 1. The van der Waals surface area contributed by atoms with Crippen molar-refractivity contribution in [3.8, 4) is 0 Å². The van der Waals surface area contributed by atoms with Gasteiger partial charge in [0.1, 0.15) is 0 Å². The Labute approximate surface area is 85.5 Å². The van der Waals surface area contributed by atoms with Crippen LogP contribution in [-0.4, -0.2) is 21.3 Å². The van der Waals surface area contributed by atoms with Crippen molar-refractivity contribution in [2.24, 2.45) is 0 Å². The predicted octanol–water partition coefficient (Wildman–Crippen LogP) is 2.47. The summed E-state index contributed by atoms with van der Waals surface area (Å²) in [5, 5.41) is 9.75. The normalized spacial score (nSPS) is 10.6. The van der Waals surface area contributed by atoms with Crippen molar-refractivity contribution in [2.75, 3.05) is 6.26 Å². The van der Waals surface area contributed by atoms with Gasteiger partial charge < -0.3 is 5.11 Å². The van der Waals surface area contributed by atoms with Gasteiger partial charge >= 0.3 is 5.97 Å². The average Bonchev–Trinajstić information content (AvgIpc) is 2.59. The van der Waals surface area contributed by atoms with E-state index in [0.29, 0.717) is 5.56 Å². The molecule has 72 valence electrons. The van der Waals surface area contributed by atoms with Gasteiger partial charge in [-0.2, -0.15) is 0 Å². The molecule has 0 spiro atoms. The average molecular weight is 207 g/mol. The zero-order valence-electron chi connectivity index (χ0n) is 7.60. The topological polar surface area (TPSA) is 42.2 Å². The minimum absolute atomic E-state index is 0.330. The fraction of sp³-hybridized carbons (Fsp3) is 0.100. The van der Waals surface area contributed by atoms with Crippen LogP contribution in [0.15, 0.2) is 30.5 Å². The predicted molar refractivity (Wildman–Crippen MR) is 57.8 cm³/mol. The summed E-state index contributed by atoms with van der Waals surface area (Å²) < 4.78 is 2.00. The van der Waals surface area contributed by atoms with E-state index < -0.39 is 5.97 Å². The molecule has 0 bridgehead atoms. The molecule has 0 saturated carbocycles.